The van der Waals surface area contributed by atoms with Gasteiger partial charge >= 0.3 is 6.03 Å². The van der Waals surface area contributed by atoms with Gasteiger partial charge in [0.15, 0.2) is 0 Å². The summed E-state index contributed by atoms with van der Waals surface area (Å²) < 4.78 is 13.5. The number of halogens is 1. The maximum atomic E-state index is 13.5. The summed E-state index contributed by atoms with van der Waals surface area (Å²) in [5, 5.41) is 5.77. The molecule has 0 radical (unpaired) electrons. The molecule has 3 aromatic carbocycles. The number of benzene rings is 3. The summed E-state index contributed by atoms with van der Waals surface area (Å²) in [5.74, 6) is -0.597. The summed E-state index contributed by atoms with van der Waals surface area (Å²) >= 11 is 0. The summed E-state index contributed by atoms with van der Waals surface area (Å²) in [6.45, 7) is 6.42. The lowest BCUT2D eigenvalue weighted by molar-refractivity contribution is 0.0730. The standard InChI is InChI=1S/C28H33FN4O2/c1-28(2,3)31-27(35)30-24-15-16-25(32(4)5)22(17-24)19-33(18-20-9-7-6-8-10-20)26(34)21-11-13-23(29)14-12-21/h6-17H,18-19H2,1-5H3,(H2,30,31,35). The third-order valence-corrected chi connectivity index (χ3v) is 5.26. The SMILES string of the molecule is CN(C)c1ccc(NC(=O)NC(C)(C)C)cc1CN(Cc1ccccc1)C(=O)c1ccc(F)cc1. The molecule has 7 heteroatoms. The molecule has 0 saturated carbocycles. The lowest BCUT2D eigenvalue weighted by atomic mass is 10.1. The summed E-state index contributed by atoms with van der Waals surface area (Å²) in [5.41, 5.74) is 3.44. The zero-order valence-corrected chi connectivity index (χ0v) is 20.9. The Balaban J connectivity index is 1.94. The molecule has 3 rings (SSSR count). The van der Waals surface area contributed by atoms with E-state index in [1.807, 2.05) is 88.3 Å². The number of anilines is 2. The van der Waals surface area contributed by atoms with Crippen LogP contribution in [0.1, 0.15) is 42.3 Å². The largest absolute Gasteiger partial charge is 0.377 e. The average Bonchev–Trinajstić information content (AvgIpc) is 2.78. The fourth-order valence-electron chi connectivity index (χ4n) is 3.71. The van der Waals surface area contributed by atoms with E-state index in [0.29, 0.717) is 24.3 Å². The first kappa shape index (κ1) is 25.7. The predicted octanol–water partition coefficient (Wildman–Crippen LogP) is 5.65. The van der Waals surface area contributed by atoms with Crippen LogP contribution in [0.2, 0.25) is 0 Å². The molecule has 0 aromatic heterocycles. The Morgan fingerprint density at radius 3 is 2.14 bits per heavy atom. The van der Waals surface area contributed by atoms with E-state index in [4.69, 9.17) is 0 Å². The number of amides is 3. The zero-order valence-electron chi connectivity index (χ0n) is 20.9. The van der Waals surface area contributed by atoms with Crippen molar-refractivity contribution in [2.45, 2.75) is 39.4 Å². The van der Waals surface area contributed by atoms with Crippen LogP contribution in [0, 0.1) is 5.82 Å². The number of hydrogen-bond acceptors (Lipinski definition) is 3. The Morgan fingerprint density at radius 1 is 0.886 bits per heavy atom. The zero-order chi connectivity index (χ0) is 25.6. The second-order valence-electron chi connectivity index (χ2n) is 9.72. The summed E-state index contributed by atoms with van der Waals surface area (Å²) in [6.07, 6.45) is 0. The maximum absolute atomic E-state index is 13.5. The van der Waals surface area contributed by atoms with Gasteiger partial charge in [-0.1, -0.05) is 30.3 Å². The molecule has 0 saturated heterocycles. The predicted molar refractivity (Wildman–Crippen MR) is 139 cm³/mol. The van der Waals surface area contributed by atoms with Crippen molar-refractivity contribution >= 4 is 23.3 Å². The molecule has 0 heterocycles. The second kappa shape index (κ2) is 11.0. The lowest BCUT2D eigenvalue weighted by Gasteiger charge is -2.27. The van der Waals surface area contributed by atoms with Gasteiger partial charge in [0.25, 0.3) is 5.91 Å². The Morgan fingerprint density at radius 2 is 1.54 bits per heavy atom. The van der Waals surface area contributed by atoms with Gasteiger partial charge in [0.2, 0.25) is 0 Å². The lowest BCUT2D eigenvalue weighted by Crippen LogP contribution is -2.43. The van der Waals surface area contributed by atoms with E-state index in [1.54, 1.807) is 4.90 Å². The van der Waals surface area contributed by atoms with Gasteiger partial charge in [-0.05, 0) is 74.4 Å². The van der Waals surface area contributed by atoms with E-state index in [1.165, 1.54) is 24.3 Å². The van der Waals surface area contributed by atoms with Gasteiger partial charge in [-0.25, -0.2) is 9.18 Å². The first-order chi connectivity index (χ1) is 16.5. The minimum absolute atomic E-state index is 0.206. The average molecular weight is 477 g/mol. The molecule has 0 spiro atoms. The molecule has 0 aliphatic heterocycles. The number of carbonyl (C=O) groups excluding carboxylic acids is 2. The smallest absolute Gasteiger partial charge is 0.319 e. The highest BCUT2D eigenvalue weighted by Gasteiger charge is 2.20. The molecule has 6 nitrogen and oxygen atoms in total. The normalized spacial score (nSPS) is 11.0. The van der Waals surface area contributed by atoms with Crippen molar-refractivity contribution in [2.75, 3.05) is 24.3 Å². The number of nitrogens with zero attached hydrogens (tertiary/aromatic N) is 2. The van der Waals surface area contributed by atoms with Crippen molar-refractivity contribution in [3.63, 3.8) is 0 Å². The van der Waals surface area contributed by atoms with Crippen LogP contribution in [0.15, 0.2) is 72.8 Å². The van der Waals surface area contributed by atoms with E-state index in [-0.39, 0.29) is 17.5 Å². The van der Waals surface area contributed by atoms with Gasteiger partial charge < -0.3 is 20.4 Å². The van der Waals surface area contributed by atoms with Gasteiger partial charge in [-0.2, -0.15) is 0 Å². The van der Waals surface area contributed by atoms with Gasteiger partial charge in [-0.3, -0.25) is 4.79 Å². The minimum Gasteiger partial charge on any atom is -0.377 e. The van der Waals surface area contributed by atoms with E-state index < -0.39 is 5.82 Å². The number of nitrogens with one attached hydrogen (secondary N) is 2. The van der Waals surface area contributed by atoms with E-state index in [0.717, 1.165) is 16.8 Å². The molecule has 35 heavy (non-hydrogen) atoms. The van der Waals surface area contributed by atoms with Crippen LogP contribution in [0.4, 0.5) is 20.6 Å². The minimum atomic E-state index is -0.390. The topological polar surface area (TPSA) is 64.7 Å². The highest BCUT2D eigenvalue weighted by molar-refractivity contribution is 5.94. The Kier molecular flexibility index (Phi) is 8.12. The van der Waals surface area contributed by atoms with Gasteiger partial charge in [0.1, 0.15) is 5.82 Å². The van der Waals surface area contributed by atoms with Gasteiger partial charge in [-0.15, -0.1) is 0 Å². The molecule has 0 atom stereocenters. The first-order valence-corrected chi connectivity index (χ1v) is 11.5. The van der Waals surface area contributed by atoms with Crippen LogP contribution in [0.5, 0.6) is 0 Å². The van der Waals surface area contributed by atoms with E-state index >= 15 is 0 Å². The van der Waals surface area contributed by atoms with Gasteiger partial charge in [0, 0.05) is 49.7 Å². The quantitative estimate of drug-likeness (QED) is 0.463. The van der Waals surface area contributed by atoms with Crippen LogP contribution in [-0.4, -0.2) is 36.5 Å². The summed E-state index contributed by atoms with van der Waals surface area (Å²) in [7, 11) is 3.86. The first-order valence-electron chi connectivity index (χ1n) is 11.5. The summed E-state index contributed by atoms with van der Waals surface area (Å²) in [4.78, 5) is 29.6. The van der Waals surface area contributed by atoms with Crippen LogP contribution >= 0.6 is 0 Å². The highest BCUT2D eigenvalue weighted by Crippen LogP contribution is 2.26. The van der Waals surface area contributed by atoms with E-state index in [9.17, 15) is 14.0 Å². The summed E-state index contributed by atoms with van der Waals surface area (Å²) in [6, 6.07) is 20.6. The number of hydrogen-bond donors (Lipinski definition) is 2. The van der Waals surface area contributed by atoms with Crippen LogP contribution in [0.3, 0.4) is 0 Å². The molecule has 3 aromatic rings. The van der Waals surface area contributed by atoms with Crippen molar-refractivity contribution in [1.29, 1.82) is 0 Å². The monoisotopic (exact) mass is 476 g/mol. The molecule has 0 unspecified atom stereocenters. The molecule has 0 aliphatic rings. The van der Waals surface area contributed by atoms with Crippen LogP contribution in [-0.2, 0) is 13.1 Å². The molecule has 0 aliphatic carbocycles. The van der Waals surface area contributed by atoms with E-state index in [2.05, 4.69) is 10.6 Å². The molecular weight excluding hydrogens is 443 g/mol. The maximum Gasteiger partial charge on any atom is 0.319 e. The van der Waals surface area contributed by atoms with Crippen molar-refractivity contribution in [1.82, 2.24) is 10.2 Å². The Hall–Kier alpha value is -3.87. The molecule has 0 fully saturated rings. The number of urea groups is 1. The highest BCUT2D eigenvalue weighted by atomic mass is 19.1. The molecular formula is C28H33FN4O2. The third kappa shape index (κ3) is 7.57. The fourth-order valence-corrected chi connectivity index (χ4v) is 3.71. The van der Waals surface area contributed by atoms with Crippen molar-refractivity contribution in [3.05, 3.63) is 95.3 Å². The molecule has 2 N–H and O–H groups in total. The third-order valence-electron chi connectivity index (χ3n) is 5.26. The van der Waals surface area contributed by atoms with Crippen LogP contribution in [0.25, 0.3) is 0 Å². The molecule has 184 valence electrons. The Bertz CT molecular complexity index is 1160. The van der Waals surface area contributed by atoms with Crippen molar-refractivity contribution in [3.8, 4) is 0 Å². The van der Waals surface area contributed by atoms with Crippen LogP contribution < -0.4 is 15.5 Å². The second-order valence-corrected chi connectivity index (χ2v) is 9.72. The van der Waals surface area contributed by atoms with Crippen molar-refractivity contribution < 1.29 is 14.0 Å². The number of carbonyl (C=O) groups is 2. The Labute approximate surface area is 206 Å². The van der Waals surface area contributed by atoms with Crippen molar-refractivity contribution in [2.24, 2.45) is 0 Å². The molecule has 0 bridgehead atoms. The van der Waals surface area contributed by atoms with Gasteiger partial charge in [0.05, 0.1) is 0 Å². The molecule has 3 amide bonds. The fraction of sp³-hybridized carbons (Fsp3) is 0.286. The number of rotatable bonds is 7.